The second kappa shape index (κ2) is 10.3. The van der Waals surface area contributed by atoms with Crippen LogP contribution in [-0.4, -0.2) is 42.6 Å². The average Bonchev–Trinajstić information content (AvgIpc) is 3.69. The summed E-state index contributed by atoms with van der Waals surface area (Å²) in [5.41, 5.74) is 0.647. The molecule has 0 N–H and O–H groups in total. The van der Waals surface area contributed by atoms with Gasteiger partial charge in [-0.05, 0) is 81.3 Å². The van der Waals surface area contributed by atoms with E-state index in [9.17, 15) is 13.6 Å². The van der Waals surface area contributed by atoms with Gasteiger partial charge in [0.2, 0.25) is 0 Å². The van der Waals surface area contributed by atoms with Crippen molar-refractivity contribution in [3.8, 4) is 16.9 Å². The van der Waals surface area contributed by atoms with Crippen molar-refractivity contribution in [1.82, 2.24) is 4.90 Å². The van der Waals surface area contributed by atoms with Crippen LogP contribution in [0.25, 0.3) is 11.1 Å². The third-order valence-electron chi connectivity index (χ3n) is 7.33. The minimum atomic E-state index is -1.07. The molecule has 1 saturated heterocycles. The summed E-state index contributed by atoms with van der Waals surface area (Å²) in [5.74, 6) is 0.998. The number of likely N-dealkylation sites (tertiary alicyclic amines) is 1. The Morgan fingerprint density at radius 2 is 1.70 bits per heavy atom. The van der Waals surface area contributed by atoms with Gasteiger partial charge in [0, 0.05) is 23.6 Å². The molecule has 0 spiro atoms. The topological polar surface area (TPSA) is 29.5 Å². The minimum absolute atomic E-state index is 0.0507. The van der Waals surface area contributed by atoms with E-state index in [2.05, 4.69) is 4.90 Å². The summed E-state index contributed by atoms with van der Waals surface area (Å²) in [7, 11) is 0. The maximum Gasteiger partial charge on any atom is 0.166 e. The van der Waals surface area contributed by atoms with Crippen molar-refractivity contribution in [2.24, 2.45) is 11.8 Å². The van der Waals surface area contributed by atoms with Gasteiger partial charge in [0.25, 0.3) is 0 Å². The number of carbonyl (C=O) groups excluding carboxylic acids is 1. The fourth-order valence-corrected chi connectivity index (χ4v) is 4.61. The Morgan fingerprint density at radius 1 is 1.03 bits per heavy atom. The van der Waals surface area contributed by atoms with Gasteiger partial charge in [0.05, 0.1) is 6.61 Å². The second-order valence-corrected chi connectivity index (χ2v) is 9.75. The van der Waals surface area contributed by atoms with Gasteiger partial charge in [-0.15, -0.1) is 0 Å². The van der Waals surface area contributed by atoms with Crippen molar-refractivity contribution < 1.29 is 18.3 Å². The number of Topliss-reactive ketones (excluding diaryl/α,β-unsaturated/α-hetero) is 1. The van der Waals surface area contributed by atoms with Crippen LogP contribution >= 0.6 is 0 Å². The number of nitrogens with zero attached hydrogens (tertiary/aromatic N) is 1. The first-order valence-electron chi connectivity index (χ1n) is 12.4. The highest BCUT2D eigenvalue weighted by molar-refractivity contribution is 5.99. The monoisotopic (exact) mass is 455 g/mol. The summed E-state index contributed by atoms with van der Waals surface area (Å²) in [6.45, 7) is 6.85. The van der Waals surface area contributed by atoms with Crippen molar-refractivity contribution in [2.75, 3.05) is 26.2 Å². The summed E-state index contributed by atoms with van der Waals surface area (Å²) in [6.07, 6.45) is 4.99. The van der Waals surface area contributed by atoms with E-state index in [0.717, 1.165) is 50.1 Å². The number of hydrogen-bond donors (Lipinski definition) is 0. The Labute approximate surface area is 196 Å². The summed E-state index contributed by atoms with van der Waals surface area (Å²) >= 11 is 0. The molecule has 5 heteroatoms. The number of ether oxygens (including phenoxy) is 1. The highest BCUT2D eigenvalue weighted by Gasteiger charge is 2.31. The van der Waals surface area contributed by atoms with Crippen molar-refractivity contribution in [1.29, 1.82) is 0 Å². The fraction of sp³-hybridized carbons (Fsp3) is 0.536. The molecule has 4 rings (SSSR count). The van der Waals surface area contributed by atoms with Gasteiger partial charge in [-0.3, -0.25) is 4.79 Å². The lowest BCUT2D eigenvalue weighted by Gasteiger charge is -2.36. The van der Waals surface area contributed by atoms with Gasteiger partial charge in [0.1, 0.15) is 17.2 Å². The molecule has 0 unspecified atom stereocenters. The standard InChI is InChI=1S/C28H35F2NO2/c1-3-28(30,4-2)19-31-15-13-20(14-16-31)18-33-24-10-7-21(8-11-24)25-12-9-23(17-26(25)29)27(32)22-5-6-22/h7-12,17,20,22H,3-6,13-16,18-19H2,1-2H3. The van der Waals surface area contributed by atoms with Crippen LogP contribution in [0.3, 0.4) is 0 Å². The molecule has 1 saturated carbocycles. The lowest BCUT2D eigenvalue weighted by atomic mass is 9.94. The molecule has 3 nitrogen and oxygen atoms in total. The van der Waals surface area contributed by atoms with Gasteiger partial charge >= 0.3 is 0 Å². The van der Waals surface area contributed by atoms with Crippen LogP contribution in [0, 0.1) is 17.7 Å². The number of piperidine rings is 1. The Morgan fingerprint density at radius 3 is 2.27 bits per heavy atom. The van der Waals surface area contributed by atoms with E-state index in [1.807, 2.05) is 38.1 Å². The van der Waals surface area contributed by atoms with Crippen molar-refractivity contribution in [3.63, 3.8) is 0 Å². The van der Waals surface area contributed by atoms with Gasteiger partial charge in [-0.2, -0.15) is 0 Å². The first-order valence-corrected chi connectivity index (χ1v) is 12.4. The number of halogens is 2. The zero-order chi connectivity index (χ0) is 23.4. The number of hydrogen-bond acceptors (Lipinski definition) is 3. The molecule has 0 atom stereocenters. The normalized spacial score (nSPS) is 17.8. The molecule has 2 aliphatic rings. The second-order valence-electron chi connectivity index (χ2n) is 9.75. The van der Waals surface area contributed by atoms with Crippen LogP contribution in [0.2, 0.25) is 0 Å². The van der Waals surface area contributed by atoms with Crippen molar-refractivity contribution in [3.05, 3.63) is 53.8 Å². The molecule has 178 valence electrons. The van der Waals surface area contributed by atoms with Crippen LogP contribution in [0.5, 0.6) is 5.75 Å². The van der Waals surface area contributed by atoms with E-state index in [4.69, 9.17) is 4.74 Å². The molecular weight excluding hydrogens is 420 g/mol. The van der Waals surface area contributed by atoms with E-state index in [1.54, 1.807) is 12.1 Å². The van der Waals surface area contributed by atoms with Crippen LogP contribution in [0.4, 0.5) is 8.78 Å². The summed E-state index contributed by atoms with van der Waals surface area (Å²) in [6, 6.07) is 12.2. The quantitative estimate of drug-likeness (QED) is 0.373. The lowest BCUT2D eigenvalue weighted by molar-refractivity contribution is 0.0568. The Balaban J connectivity index is 1.27. The molecule has 1 aliphatic heterocycles. The highest BCUT2D eigenvalue weighted by atomic mass is 19.1. The molecule has 33 heavy (non-hydrogen) atoms. The van der Waals surface area contributed by atoms with Gasteiger partial charge in [-0.25, -0.2) is 8.78 Å². The van der Waals surface area contributed by atoms with Crippen LogP contribution in [-0.2, 0) is 0 Å². The van der Waals surface area contributed by atoms with Crippen LogP contribution in [0.1, 0.15) is 62.7 Å². The molecule has 0 aromatic heterocycles. The number of benzene rings is 2. The zero-order valence-corrected chi connectivity index (χ0v) is 19.8. The van der Waals surface area contributed by atoms with Gasteiger partial charge < -0.3 is 9.64 Å². The molecule has 1 aliphatic carbocycles. The SMILES string of the molecule is CCC(F)(CC)CN1CCC(COc2ccc(-c3ccc(C(=O)C4CC4)cc3F)cc2)CC1. The Bertz CT molecular complexity index is 943. The molecule has 2 aromatic carbocycles. The highest BCUT2D eigenvalue weighted by Crippen LogP contribution is 2.34. The molecule has 1 heterocycles. The first-order chi connectivity index (χ1) is 15.9. The summed E-state index contributed by atoms with van der Waals surface area (Å²) < 4.78 is 35.3. The van der Waals surface area contributed by atoms with Crippen molar-refractivity contribution >= 4 is 5.78 Å². The molecule has 0 radical (unpaired) electrons. The Kier molecular flexibility index (Phi) is 7.48. The van der Waals surface area contributed by atoms with E-state index >= 15 is 0 Å². The number of ketones is 1. The van der Waals surface area contributed by atoms with E-state index < -0.39 is 5.67 Å². The molecule has 2 fully saturated rings. The summed E-state index contributed by atoms with van der Waals surface area (Å²) in [4.78, 5) is 14.4. The third kappa shape index (κ3) is 6.00. The Hall–Kier alpha value is -2.27. The molecule has 0 amide bonds. The predicted molar refractivity (Wildman–Crippen MR) is 128 cm³/mol. The molecule has 2 aromatic rings. The third-order valence-corrected chi connectivity index (χ3v) is 7.33. The smallest absolute Gasteiger partial charge is 0.166 e. The predicted octanol–water partition coefficient (Wildman–Crippen LogP) is 6.70. The maximum absolute atomic E-state index is 14.7. The van der Waals surface area contributed by atoms with Crippen LogP contribution < -0.4 is 4.74 Å². The first kappa shape index (κ1) is 23.9. The van der Waals surface area contributed by atoms with Gasteiger partial charge in [-0.1, -0.05) is 38.1 Å². The average molecular weight is 456 g/mol. The minimum Gasteiger partial charge on any atom is -0.493 e. The van der Waals surface area contributed by atoms with E-state index in [0.29, 0.717) is 43.0 Å². The maximum atomic E-state index is 14.7. The number of rotatable bonds is 10. The number of alkyl halides is 1. The lowest BCUT2D eigenvalue weighted by Crippen LogP contribution is -2.44. The van der Waals surface area contributed by atoms with Crippen LogP contribution in [0.15, 0.2) is 42.5 Å². The fourth-order valence-electron chi connectivity index (χ4n) is 4.61. The van der Waals surface area contributed by atoms with E-state index in [-0.39, 0.29) is 17.5 Å². The molecule has 0 bridgehead atoms. The van der Waals surface area contributed by atoms with E-state index in [1.165, 1.54) is 6.07 Å². The van der Waals surface area contributed by atoms with Gasteiger partial charge in [0.15, 0.2) is 5.78 Å². The largest absolute Gasteiger partial charge is 0.493 e. The van der Waals surface area contributed by atoms with Crippen molar-refractivity contribution in [2.45, 2.75) is 58.0 Å². The number of carbonyl (C=O) groups is 1. The molecular formula is C28H35F2NO2. The zero-order valence-electron chi connectivity index (χ0n) is 19.8. The summed E-state index contributed by atoms with van der Waals surface area (Å²) in [5, 5.41) is 0.